The lowest BCUT2D eigenvalue weighted by Crippen LogP contribution is -2.36. The van der Waals surface area contributed by atoms with Gasteiger partial charge in [0.2, 0.25) is 0 Å². The molecule has 1 unspecified atom stereocenters. The van der Waals surface area contributed by atoms with Crippen molar-refractivity contribution in [3.05, 3.63) is 71.6 Å². The molecule has 2 aromatic heterocycles. The Labute approximate surface area is 269 Å². The number of carbonyl (C=O) groups excluding carboxylic acids is 2. The molecule has 0 bridgehead atoms. The molecule has 2 aliphatic rings. The summed E-state index contributed by atoms with van der Waals surface area (Å²) in [7, 11) is 0. The van der Waals surface area contributed by atoms with E-state index in [2.05, 4.69) is 51.1 Å². The van der Waals surface area contributed by atoms with Crippen molar-refractivity contribution in [2.75, 3.05) is 13.1 Å². The van der Waals surface area contributed by atoms with Crippen molar-refractivity contribution in [1.29, 1.82) is 0 Å². The highest BCUT2D eigenvalue weighted by molar-refractivity contribution is 5.82. The molecule has 0 aliphatic carbocycles. The van der Waals surface area contributed by atoms with Gasteiger partial charge in [-0.15, -0.1) is 0 Å². The summed E-state index contributed by atoms with van der Waals surface area (Å²) in [5.41, 5.74) is 4.40. The van der Waals surface area contributed by atoms with Crippen molar-refractivity contribution in [2.45, 2.75) is 90.5 Å². The van der Waals surface area contributed by atoms with E-state index in [0.717, 1.165) is 65.1 Å². The molecule has 4 aromatic rings. The minimum Gasteiger partial charge on any atom is -0.444 e. The Morgan fingerprint density at radius 2 is 1.37 bits per heavy atom. The number of H-pyrrole nitrogens is 2. The molecule has 10 heteroatoms. The zero-order valence-electron chi connectivity index (χ0n) is 27.4. The van der Waals surface area contributed by atoms with E-state index in [1.54, 1.807) is 16.0 Å². The molecule has 4 heterocycles. The minimum absolute atomic E-state index is 0.128. The van der Waals surface area contributed by atoms with Crippen LogP contribution >= 0.6 is 0 Å². The first-order valence-electron chi connectivity index (χ1n) is 16.0. The number of rotatable bonds is 3. The fraction of sp³-hybridized carbons (Fsp3) is 0.444. The van der Waals surface area contributed by atoms with Crippen LogP contribution in [0.2, 0.25) is 0 Å². The summed E-state index contributed by atoms with van der Waals surface area (Å²) in [5, 5.41) is 0. The molecule has 2 N–H and O–H groups in total. The van der Waals surface area contributed by atoms with Crippen molar-refractivity contribution >= 4 is 23.2 Å². The van der Waals surface area contributed by atoms with Gasteiger partial charge in [-0.3, -0.25) is 9.80 Å². The van der Waals surface area contributed by atoms with Crippen molar-refractivity contribution < 1.29 is 19.1 Å². The quantitative estimate of drug-likeness (QED) is 0.229. The number of aromatic amines is 2. The number of fused-ring (bicyclic) bond motifs is 1. The zero-order valence-corrected chi connectivity index (χ0v) is 27.4. The maximum absolute atomic E-state index is 12.8. The van der Waals surface area contributed by atoms with Crippen LogP contribution in [0.5, 0.6) is 0 Å². The van der Waals surface area contributed by atoms with Gasteiger partial charge in [0.05, 0.1) is 29.3 Å². The lowest BCUT2D eigenvalue weighted by Gasteiger charge is -2.27. The predicted molar refractivity (Wildman–Crippen MR) is 176 cm³/mol. The van der Waals surface area contributed by atoms with Crippen molar-refractivity contribution in [3.8, 4) is 23.0 Å². The number of aromatic nitrogens is 4. The largest absolute Gasteiger partial charge is 0.444 e. The second-order valence-corrected chi connectivity index (χ2v) is 14.0. The Balaban J connectivity index is 1.13. The molecule has 2 aromatic carbocycles. The van der Waals surface area contributed by atoms with Gasteiger partial charge in [-0.05, 0) is 109 Å². The smallest absolute Gasteiger partial charge is 0.410 e. The first-order chi connectivity index (χ1) is 21.8. The number of imidazole rings is 2. The van der Waals surface area contributed by atoms with E-state index < -0.39 is 11.2 Å². The van der Waals surface area contributed by atoms with Crippen molar-refractivity contribution in [3.63, 3.8) is 0 Å². The Hall–Kier alpha value is -4.78. The van der Waals surface area contributed by atoms with Crippen LogP contribution in [0.3, 0.4) is 0 Å². The number of amides is 2. The average Bonchev–Trinajstić information content (AvgIpc) is 3.79. The maximum Gasteiger partial charge on any atom is 0.410 e. The molecule has 0 spiro atoms. The van der Waals surface area contributed by atoms with Gasteiger partial charge in [0, 0.05) is 18.7 Å². The van der Waals surface area contributed by atoms with Crippen LogP contribution in [-0.2, 0) is 9.47 Å². The Morgan fingerprint density at radius 3 is 1.98 bits per heavy atom. The first kappa shape index (κ1) is 31.2. The fourth-order valence-electron chi connectivity index (χ4n) is 6.00. The van der Waals surface area contributed by atoms with Crippen LogP contribution in [-0.4, -0.2) is 66.2 Å². The predicted octanol–water partition coefficient (Wildman–Crippen LogP) is 7.50. The van der Waals surface area contributed by atoms with Crippen LogP contribution in [0.1, 0.15) is 102 Å². The number of nitrogens with one attached hydrogen (secondary N) is 2. The number of ether oxygens (including phenoxy) is 2. The van der Waals surface area contributed by atoms with Crippen molar-refractivity contribution in [2.24, 2.45) is 0 Å². The highest BCUT2D eigenvalue weighted by Gasteiger charge is 2.36. The van der Waals surface area contributed by atoms with E-state index in [1.807, 2.05) is 59.7 Å². The lowest BCUT2D eigenvalue weighted by atomic mass is 10.0. The van der Waals surface area contributed by atoms with Crippen molar-refractivity contribution in [1.82, 2.24) is 29.7 Å². The second kappa shape index (κ2) is 12.2. The molecule has 46 heavy (non-hydrogen) atoms. The molecule has 10 nitrogen and oxygen atoms in total. The SMILES string of the molecule is CC(C)(C)OC(=O)N1CCCC1c1ncc(C#Cc2ccc(-c3ccc4nc([C@@H]5CCCN5C(=O)OC(C)(C)C)[nH]c4c3)cc2)[nH]1. The topological polar surface area (TPSA) is 116 Å². The third-order valence-corrected chi connectivity index (χ3v) is 8.05. The molecule has 2 aliphatic heterocycles. The molecule has 240 valence electrons. The van der Waals surface area contributed by atoms with E-state index in [4.69, 9.17) is 14.5 Å². The third-order valence-electron chi connectivity index (χ3n) is 8.05. The molecule has 2 atom stereocenters. The van der Waals surface area contributed by atoms with Crippen LogP contribution in [0.25, 0.3) is 22.2 Å². The summed E-state index contributed by atoms with van der Waals surface area (Å²) in [4.78, 5) is 45.1. The van der Waals surface area contributed by atoms with Gasteiger partial charge >= 0.3 is 12.2 Å². The summed E-state index contributed by atoms with van der Waals surface area (Å²) in [6.45, 7) is 12.6. The van der Waals surface area contributed by atoms with Gasteiger partial charge in [0.1, 0.15) is 28.5 Å². The molecular weight excluding hydrogens is 580 g/mol. The van der Waals surface area contributed by atoms with Gasteiger partial charge in [0.15, 0.2) is 0 Å². The summed E-state index contributed by atoms with van der Waals surface area (Å²) in [6, 6.07) is 14.0. The van der Waals surface area contributed by atoms with E-state index in [9.17, 15) is 9.59 Å². The second-order valence-electron chi connectivity index (χ2n) is 14.0. The molecule has 2 fully saturated rings. The Bertz CT molecular complexity index is 1800. The van der Waals surface area contributed by atoms with Gasteiger partial charge < -0.3 is 19.4 Å². The first-order valence-corrected chi connectivity index (χ1v) is 16.0. The number of nitrogens with zero attached hydrogens (tertiary/aromatic N) is 4. The molecule has 0 radical (unpaired) electrons. The standard InChI is InChI=1S/C36H42N6O4/c1-35(2,3)45-33(43)41-19-7-9-29(41)31-37-22-26(38-31)17-13-23-11-14-24(15-12-23)25-16-18-27-28(21-25)40-32(39-27)30-10-8-20-42(30)34(44)46-36(4,5)6/h11-12,14-16,18,21-22,29-30H,7-10,19-20H2,1-6H3,(H,37,38)(H,39,40)/t29?,30-/m0/s1. The number of likely N-dealkylation sites (tertiary alicyclic amines) is 2. The van der Waals surface area contributed by atoms with Crippen LogP contribution in [0.15, 0.2) is 48.7 Å². The molecule has 6 rings (SSSR count). The normalized spacial score (nSPS) is 18.5. The van der Waals surface area contributed by atoms with E-state index in [0.29, 0.717) is 18.8 Å². The number of hydrogen-bond donors (Lipinski definition) is 2. The van der Waals surface area contributed by atoms with Crippen LogP contribution in [0.4, 0.5) is 9.59 Å². The summed E-state index contributed by atoms with van der Waals surface area (Å²) < 4.78 is 11.2. The highest BCUT2D eigenvalue weighted by Crippen LogP contribution is 2.34. The van der Waals surface area contributed by atoms with Crippen LogP contribution in [0, 0.1) is 11.8 Å². The van der Waals surface area contributed by atoms with E-state index in [-0.39, 0.29) is 24.3 Å². The summed E-state index contributed by atoms with van der Waals surface area (Å²) >= 11 is 0. The third kappa shape index (κ3) is 7.04. The monoisotopic (exact) mass is 622 g/mol. The van der Waals surface area contributed by atoms with E-state index in [1.165, 1.54) is 0 Å². The summed E-state index contributed by atoms with van der Waals surface area (Å²) in [6.07, 6.45) is 4.59. The zero-order chi connectivity index (χ0) is 32.6. The number of carbonyl (C=O) groups is 2. The van der Waals surface area contributed by atoms with E-state index >= 15 is 0 Å². The van der Waals surface area contributed by atoms with Crippen LogP contribution < -0.4 is 0 Å². The summed E-state index contributed by atoms with van der Waals surface area (Å²) in [5.74, 6) is 7.90. The van der Waals surface area contributed by atoms with Gasteiger partial charge in [-0.2, -0.15) is 0 Å². The molecule has 2 saturated heterocycles. The Kier molecular flexibility index (Phi) is 8.28. The maximum atomic E-state index is 12.8. The fourth-order valence-corrected chi connectivity index (χ4v) is 6.00. The Morgan fingerprint density at radius 1 is 0.783 bits per heavy atom. The number of hydrogen-bond acceptors (Lipinski definition) is 6. The van der Waals surface area contributed by atoms with Gasteiger partial charge in [-0.1, -0.05) is 24.1 Å². The molecular formula is C36H42N6O4. The molecule has 2 amide bonds. The molecule has 0 saturated carbocycles. The lowest BCUT2D eigenvalue weighted by molar-refractivity contribution is 0.0208. The minimum atomic E-state index is -0.545. The van der Waals surface area contributed by atoms with Gasteiger partial charge in [-0.25, -0.2) is 19.6 Å². The highest BCUT2D eigenvalue weighted by atomic mass is 16.6. The number of benzene rings is 2. The average molecular weight is 623 g/mol. The van der Waals surface area contributed by atoms with Gasteiger partial charge in [0.25, 0.3) is 0 Å².